The third-order valence-electron chi connectivity index (χ3n) is 4.66. The van der Waals surface area contributed by atoms with Crippen molar-refractivity contribution in [3.63, 3.8) is 0 Å². The molecule has 0 aliphatic heterocycles. The lowest BCUT2D eigenvalue weighted by Crippen LogP contribution is -2.17. The van der Waals surface area contributed by atoms with Gasteiger partial charge in [0.1, 0.15) is 11.4 Å². The Morgan fingerprint density at radius 3 is 2.21 bits per heavy atom. The van der Waals surface area contributed by atoms with Crippen molar-refractivity contribution in [1.29, 1.82) is 0 Å². The lowest BCUT2D eigenvalue weighted by molar-refractivity contribution is -0.274. The van der Waals surface area contributed by atoms with Crippen LogP contribution in [0.25, 0.3) is 22.6 Å². The molecule has 0 bridgehead atoms. The van der Waals surface area contributed by atoms with Crippen LogP contribution in [0.4, 0.5) is 22.0 Å². The number of aryl methyl sites for hydroxylation is 1. The summed E-state index contributed by atoms with van der Waals surface area (Å²) in [5.74, 6) is -3.49. The Balaban J connectivity index is 1.80. The van der Waals surface area contributed by atoms with Gasteiger partial charge in [-0.15, -0.1) is 18.3 Å². The number of hydrogen-bond acceptors (Lipinski definition) is 4. The first-order valence-electron chi connectivity index (χ1n) is 9.44. The smallest absolute Gasteiger partial charge is 0.406 e. The number of halogens is 6. The number of ether oxygens (including phenoxy) is 1. The van der Waals surface area contributed by atoms with E-state index in [2.05, 4.69) is 36.1 Å². The first-order valence-corrected chi connectivity index (χ1v) is 10.2. The SMILES string of the molecule is Cc1cc(C(C)(F)F)nn1-c1ccc(Br)cc1-n1nncc1-c1ccc(OC(F)(F)F)cc1. The Kier molecular flexibility index (Phi) is 5.72. The maximum atomic E-state index is 13.8. The van der Waals surface area contributed by atoms with Crippen LogP contribution >= 0.6 is 15.9 Å². The van der Waals surface area contributed by atoms with Gasteiger partial charge in [-0.2, -0.15) is 13.9 Å². The molecule has 6 nitrogen and oxygen atoms in total. The van der Waals surface area contributed by atoms with Gasteiger partial charge >= 0.3 is 6.36 Å². The minimum atomic E-state index is -4.80. The molecule has 0 aliphatic rings. The first-order chi connectivity index (χ1) is 15.4. The van der Waals surface area contributed by atoms with Crippen LogP contribution in [0.2, 0.25) is 0 Å². The normalized spacial score (nSPS) is 12.2. The van der Waals surface area contributed by atoms with E-state index in [4.69, 9.17) is 0 Å². The molecule has 0 saturated heterocycles. The highest BCUT2D eigenvalue weighted by atomic mass is 79.9. The lowest BCUT2D eigenvalue weighted by atomic mass is 10.1. The highest BCUT2D eigenvalue weighted by Gasteiger charge is 2.31. The van der Waals surface area contributed by atoms with Crippen molar-refractivity contribution in [3.8, 4) is 28.4 Å². The summed E-state index contributed by atoms with van der Waals surface area (Å²) < 4.78 is 72.4. The molecule has 0 N–H and O–H groups in total. The molecule has 0 saturated carbocycles. The van der Waals surface area contributed by atoms with Crippen LogP contribution < -0.4 is 4.74 Å². The molecular weight excluding hydrogens is 513 g/mol. The van der Waals surface area contributed by atoms with Crippen molar-refractivity contribution in [2.45, 2.75) is 26.1 Å². The van der Waals surface area contributed by atoms with Crippen molar-refractivity contribution in [2.24, 2.45) is 0 Å². The van der Waals surface area contributed by atoms with Gasteiger partial charge in [-0.05, 0) is 55.5 Å². The Bertz CT molecular complexity index is 1290. The Morgan fingerprint density at radius 2 is 1.61 bits per heavy atom. The highest BCUT2D eigenvalue weighted by molar-refractivity contribution is 9.10. The van der Waals surface area contributed by atoms with E-state index in [-0.39, 0.29) is 11.4 Å². The van der Waals surface area contributed by atoms with Crippen molar-refractivity contribution in [2.75, 3.05) is 0 Å². The minimum Gasteiger partial charge on any atom is -0.406 e. The van der Waals surface area contributed by atoms with Gasteiger partial charge < -0.3 is 4.74 Å². The van der Waals surface area contributed by atoms with E-state index < -0.39 is 12.3 Å². The zero-order valence-corrected chi connectivity index (χ0v) is 18.7. The number of aromatic nitrogens is 5. The molecule has 0 aliphatic carbocycles. The number of nitrogens with zero attached hydrogens (tertiary/aromatic N) is 5. The molecule has 0 unspecified atom stereocenters. The molecular formula is C21H15BrF5N5O. The van der Waals surface area contributed by atoms with Gasteiger partial charge in [-0.1, -0.05) is 21.1 Å². The molecule has 4 rings (SSSR count). The Labute approximate surface area is 192 Å². The molecule has 2 heterocycles. The second-order valence-corrected chi connectivity index (χ2v) is 8.12. The molecule has 0 fully saturated rings. The topological polar surface area (TPSA) is 57.8 Å². The summed E-state index contributed by atoms with van der Waals surface area (Å²) in [7, 11) is 0. The van der Waals surface area contributed by atoms with Gasteiger partial charge in [-0.3, -0.25) is 0 Å². The first kappa shape index (κ1) is 22.9. The van der Waals surface area contributed by atoms with Crippen LogP contribution in [0, 0.1) is 6.92 Å². The van der Waals surface area contributed by atoms with Gasteiger partial charge in [0.15, 0.2) is 0 Å². The van der Waals surface area contributed by atoms with Gasteiger partial charge in [0.05, 0.1) is 23.3 Å². The van der Waals surface area contributed by atoms with Crippen LogP contribution in [0.3, 0.4) is 0 Å². The van der Waals surface area contributed by atoms with E-state index in [1.54, 1.807) is 25.1 Å². The standard InChI is InChI=1S/C21H15BrF5N5O/c1-12-9-19(20(2,23)24)29-31(12)16-8-5-14(22)10-17(16)32-18(11-28-30-32)13-3-6-15(7-4-13)33-21(25,26)27/h3-11H,1-2H3. The van der Waals surface area contributed by atoms with Crippen molar-refractivity contribution in [3.05, 3.63) is 70.6 Å². The van der Waals surface area contributed by atoms with Crippen LogP contribution in [0.1, 0.15) is 18.3 Å². The molecule has 0 atom stereocenters. The zero-order valence-electron chi connectivity index (χ0n) is 17.1. The summed E-state index contributed by atoms with van der Waals surface area (Å²) in [5.41, 5.74) is 1.98. The van der Waals surface area contributed by atoms with Crippen molar-refractivity contribution < 1.29 is 26.7 Å². The minimum absolute atomic E-state index is 0.367. The average molecular weight is 528 g/mol. The largest absolute Gasteiger partial charge is 0.573 e. The summed E-state index contributed by atoms with van der Waals surface area (Å²) in [6.45, 7) is 2.42. The highest BCUT2D eigenvalue weighted by Crippen LogP contribution is 2.32. The number of hydrogen-bond donors (Lipinski definition) is 0. The average Bonchev–Trinajstić information content (AvgIpc) is 3.34. The number of alkyl halides is 5. The summed E-state index contributed by atoms with van der Waals surface area (Å²) >= 11 is 3.39. The summed E-state index contributed by atoms with van der Waals surface area (Å²) in [6, 6.07) is 11.6. The third kappa shape index (κ3) is 4.90. The molecule has 0 radical (unpaired) electrons. The summed E-state index contributed by atoms with van der Waals surface area (Å²) in [5, 5.41) is 12.1. The van der Waals surface area contributed by atoms with E-state index in [9.17, 15) is 22.0 Å². The monoisotopic (exact) mass is 527 g/mol. The van der Waals surface area contributed by atoms with Crippen LogP contribution in [0.5, 0.6) is 5.75 Å². The Morgan fingerprint density at radius 1 is 0.909 bits per heavy atom. The molecule has 33 heavy (non-hydrogen) atoms. The maximum absolute atomic E-state index is 13.8. The molecule has 0 spiro atoms. The van der Waals surface area contributed by atoms with Gasteiger partial charge in [0.2, 0.25) is 0 Å². The van der Waals surface area contributed by atoms with E-state index in [1.807, 2.05) is 0 Å². The van der Waals surface area contributed by atoms with E-state index in [1.165, 1.54) is 45.9 Å². The van der Waals surface area contributed by atoms with Crippen LogP contribution in [0.15, 0.2) is 59.2 Å². The fourth-order valence-electron chi connectivity index (χ4n) is 3.22. The van der Waals surface area contributed by atoms with Gasteiger partial charge in [0, 0.05) is 22.7 Å². The molecule has 12 heteroatoms. The molecule has 2 aromatic heterocycles. The van der Waals surface area contributed by atoms with Crippen LogP contribution in [-0.4, -0.2) is 31.1 Å². The van der Waals surface area contributed by atoms with Crippen molar-refractivity contribution in [1.82, 2.24) is 24.8 Å². The third-order valence-corrected chi connectivity index (χ3v) is 5.16. The second kappa shape index (κ2) is 8.25. The van der Waals surface area contributed by atoms with E-state index in [0.29, 0.717) is 32.8 Å². The van der Waals surface area contributed by atoms with Gasteiger partial charge in [0.25, 0.3) is 5.92 Å². The van der Waals surface area contributed by atoms with Crippen molar-refractivity contribution >= 4 is 15.9 Å². The Hall–Kier alpha value is -3.28. The number of rotatable bonds is 5. The van der Waals surface area contributed by atoms with Crippen LogP contribution in [-0.2, 0) is 5.92 Å². The summed E-state index contributed by atoms with van der Waals surface area (Å²) in [6.07, 6.45) is -3.36. The summed E-state index contributed by atoms with van der Waals surface area (Å²) in [4.78, 5) is 0. The fourth-order valence-corrected chi connectivity index (χ4v) is 3.56. The molecule has 0 amide bonds. The predicted molar refractivity (Wildman–Crippen MR) is 113 cm³/mol. The van der Waals surface area contributed by atoms with Gasteiger partial charge in [-0.25, -0.2) is 9.36 Å². The molecule has 2 aromatic carbocycles. The maximum Gasteiger partial charge on any atom is 0.573 e. The lowest BCUT2D eigenvalue weighted by Gasteiger charge is -2.14. The fraction of sp³-hybridized carbons (Fsp3) is 0.190. The zero-order chi connectivity index (χ0) is 24.0. The second-order valence-electron chi connectivity index (χ2n) is 7.21. The molecule has 172 valence electrons. The predicted octanol–water partition coefficient (Wildman–Crippen LogP) is 6.20. The number of benzene rings is 2. The van der Waals surface area contributed by atoms with E-state index >= 15 is 0 Å². The molecule has 4 aromatic rings. The quantitative estimate of drug-likeness (QED) is 0.290. The van der Waals surface area contributed by atoms with E-state index in [0.717, 1.165) is 6.92 Å².